The fraction of sp³-hybridized carbons (Fsp3) is 0.500. The van der Waals surface area contributed by atoms with Crippen LogP contribution in [0.2, 0.25) is 0 Å². The van der Waals surface area contributed by atoms with Crippen LogP contribution in [0, 0.1) is 17.7 Å². The average molecular weight is 284 g/mol. The van der Waals surface area contributed by atoms with E-state index in [2.05, 4.69) is 0 Å². The molecule has 104 valence electrons. The van der Waals surface area contributed by atoms with Gasteiger partial charge in [0.2, 0.25) is 0 Å². The number of hydrogen-bond acceptors (Lipinski definition) is 3. The van der Waals surface area contributed by atoms with E-state index in [4.69, 9.17) is 4.74 Å². The molecule has 0 aliphatic carbocycles. The van der Waals surface area contributed by atoms with Gasteiger partial charge in [-0.1, -0.05) is 12.1 Å². The van der Waals surface area contributed by atoms with E-state index in [0.29, 0.717) is 0 Å². The van der Waals surface area contributed by atoms with E-state index in [1.54, 1.807) is 12.1 Å². The van der Waals surface area contributed by atoms with Crippen LogP contribution < -0.4 is 4.74 Å². The topological polar surface area (TPSA) is 46.5 Å². The molecule has 1 heterocycles. The van der Waals surface area contributed by atoms with Gasteiger partial charge in [-0.2, -0.15) is 11.8 Å². The molecule has 2 rings (SSSR count). The van der Waals surface area contributed by atoms with Crippen LogP contribution >= 0.6 is 11.8 Å². The molecule has 1 N–H and O–H groups in total. The van der Waals surface area contributed by atoms with E-state index in [9.17, 15) is 14.3 Å². The Morgan fingerprint density at radius 3 is 2.74 bits per heavy atom. The molecule has 1 fully saturated rings. The van der Waals surface area contributed by atoms with Crippen LogP contribution in [0.3, 0.4) is 0 Å². The van der Waals surface area contributed by atoms with Crippen LogP contribution in [0.15, 0.2) is 24.3 Å². The molecule has 1 aromatic rings. The molecule has 0 amide bonds. The summed E-state index contributed by atoms with van der Waals surface area (Å²) >= 11 is 1.85. The Morgan fingerprint density at radius 1 is 1.42 bits per heavy atom. The van der Waals surface area contributed by atoms with Crippen molar-refractivity contribution in [1.82, 2.24) is 0 Å². The van der Waals surface area contributed by atoms with Gasteiger partial charge in [-0.3, -0.25) is 4.79 Å². The average Bonchev–Trinajstić information content (AvgIpc) is 2.42. The zero-order valence-electron chi connectivity index (χ0n) is 10.5. The lowest BCUT2D eigenvalue weighted by atomic mass is 9.88. The molecule has 0 bridgehead atoms. The number of carboxylic acids is 1. The normalized spacial score (nSPS) is 17.9. The summed E-state index contributed by atoms with van der Waals surface area (Å²) in [5.41, 5.74) is 0. The van der Waals surface area contributed by atoms with E-state index in [0.717, 1.165) is 24.3 Å². The van der Waals surface area contributed by atoms with Crippen LogP contribution in [0.4, 0.5) is 4.39 Å². The van der Waals surface area contributed by atoms with Crippen LogP contribution in [0.1, 0.15) is 12.8 Å². The molecule has 1 unspecified atom stereocenters. The third kappa shape index (κ3) is 3.86. The molecule has 19 heavy (non-hydrogen) atoms. The first-order valence-electron chi connectivity index (χ1n) is 6.36. The van der Waals surface area contributed by atoms with Gasteiger partial charge in [0, 0.05) is 0 Å². The molecule has 0 aromatic heterocycles. The van der Waals surface area contributed by atoms with E-state index in [-0.39, 0.29) is 18.3 Å². The Hall–Kier alpha value is -1.23. The van der Waals surface area contributed by atoms with Crippen LogP contribution in [-0.4, -0.2) is 29.2 Å². The predicted molar refractivity (Wildman–Crippen MR) is 73.1 cm³/mol. The largest absolute Gasteiger partial charge is 0.490 e. The molecular formula is C14H17FO3S. The lowest BCUT2D eigenvalue weighted by molar-refractivity contribution is -0.145. The Labute approximate surface area is 116 Å². The van der Waals surface area contributed by atoms with Crippen LogP contribution in [-0.2, 0) is 4.79 Å². The summed E-state index contributed by atoms with van der Waals surface area (Å²) in [6.45, 7) is 0.0333. The van der Waals surface area contributed by atoms with Gasteiger partial charge in [-0.25, -0.2) is 4.39 Å². The summed E-state index contributed by atoms with van der Waals surface area (Å²) in [5.74, 6) is 0.381. The molecule has 1 aliphatic rings. The van der Waals surface area contributed by atoms with Crippen molar-refractivity contribution in [2.45, 2.75) is 12.8 Å². The van der Waals surface area contributed by atoms with Gasteiger partial charge in [0.05, 0.1) is 5.92 Å². The number of aliphatic carboxylic acids is 1. The molecule has 5 heteroatoms. The van der Waals surface area contributed by atoms with Crippen molar-refractivity contribution in [2.24, 2.45) is 11.8 Å². The SMILES string of the molecule is O=C(O)C(COc1ccccc1F)C1CCSCC1. The molecule has 1 saturated heterocycles. The number of benzene rings is 1. The van der Waals surface area contributed by atoms with E-state index in [1.807, 2.05) is 11.8 Å². The highest BCUT2D eigenvalue weighted by Gasteiger charge is 2.30. The van der Waals surface area contributed by atoms with Crippen molar-refractivity contribution < 1.29 is 19.0 Å². The summed E-state index contributed by atoms with van der Waals surface area (Å²) in [4.78, 5) is 11.3. The zero-order chi connectivity index (χ0) is 13.7. The number of halogens is 1. The Morgan fingerprint density at radius 2 is 2.11 bits per heavy atom. The van der Waals surface area contributed by atoms with E-state index in [1.165, 1.54) is 12.1 Å². The quantitative estimate of drug-likeness (QED) is 0.902. The second kappa shape index (κ2) is 6.80. The molecule has 1 aliphatic heterocycles. The van der Waals surface area contributed by atoms with Crippen LogP contribution in [0.25, 0.3) is 0 Å². The zero-order valence-corrected chi connectivity index (χ0v) is 11.4. The van der Waals surface area contributed by atoms with Crippen molar-refractivity contribution in [3.63, 3.8) is 0 Å². The maximum absolute atomic E-state index is 13.4. The molecule has 0 radical (unpaired) electrons. The third-order valence-corrected chi connectivity index (χ3v) is 4.46. The van der Waals surface area contributed by atoms with Gasteiger partial charge in [0.25, 0.3) is 0 Å². The third-order valence-electron chi connectivity index (χ3n) is 3.41. The fourth-order valence-corrected chi connectivity index (χ4v) is 3.41. The maximum atomic E-state index is 13.4. The molecule has 1 aromatic carbocycles. The number of rotatable bonds is 5. The van der Waals surface area contributed by atoms with Gasteiger partial charge in [0.1, 0.15) is 6.61 Å². The number of carbonyl (C=O) groups is 1. The first-order valence-corrected chi connectivity index (χ1v) is 7.52. The van der Waals surface area contributed by atoms with Gasteiger partial charge in [-0.05, 0) is 42.4 Å². The number of carboxylic acid groups (broad SMARTS) is 1. The second-order valence-corrected chi connectivity index (χ2v) is 5.86. The molecule has 3 nitrogen and oxygen atoms in total. The summed E-state index contributed by atoms with van der Waals surface area (Å²) in [7, 11) is 0. The highest BCUT2D eigenvalue weighted by Crippen LogP contribution is 2.30. The number of thioether (sulfide) groups is 1. The Balaban J connectivity index is 1.97. The molecule has 1 atom stereocenters. The van der Waals surface area contributed by atoms with E-state index >= 15 is 0 Å². The lowest BCUT2D eigenvalue weighted by Gasteiger charge is -2.27. The highest BCUT2D eigenvalue weighted by molar-refractivity contribution is 7.99. The second-order valence-electron chi connectivity index (χ2n) is 4.64. The van der Waals surface area contributed by atoms with Crippen molar-refractivity contribution in [2.75, 3.05) is 18.1 Å². The smallest absolute Gasteiger partial charge is 0.310 e. The Bertz CT molecular complexity index is 432. The summed E-state index contributed by atoms with van der Waals surface area (Å²) in [5, 5.41) is 9.29. The molecular weight excluding hydrogens is 267 g/mol. The summed E-state index contributed by atoms with van der Waals surface area (Å²) < 4.78 is 18.8. The van der Waals surface area contributed by atoms with Gasteiger partial charge in [0.15, 0.2) is 11.6 Å². The van der Waals surface area contributed by atoms with Crippen molar-refractivity contribution in [3.05, 3.63) is 30.1 Å². The predicted octanol–water partition coefficient (Wildman–Crippen LogP) is 3.05. The highest BCUT2D eigenvalue weighted by atomic mass is 32.2. The van der Waals surface area contributed by atoms with Crippen LogP contribution in [0.5, 0.6) is 5.75 Å². The van der Waals surface area contributed by atoms with Gasteiger partial charge >= 0.3 is 5.97 Å². The minimum absolute atomic E-state index is 0.0333. The molecule has 0 spiro atoms. The van der Waals surface area contributed by atoms with Gasteiger partial charge in [-0.15, -0.1) is 0 Å². The lowest BCUT2D eigenvalue weighted by Crippen LogP contribution is -2.31. The van der Waals surface area contributed by atoms with E-state index < -0.39 is 17.7 Å². The maximum Gasteiger partial charge on any atom is 0.310 e. The number of para-hydroxylation sites is 1. The minimum Gasteiger partial charge on any atom is -0.490 e. The minimum atomic E-state index is -0.853. The Kier molecular flexibility index (Phi) is 5.07. The number of ether oxygens (including phenoxy) is 1. The standard InChI is InChI=1S/C14H17FO3S/c15-12-3-1-2-4-13(12)18-9-11(14(16)17)10-5-7-19-8-6-10/h1-4,10-11H,5-9H2,(H,16,17). The first kappa shape index (κ1) is 14.2. The fourth-order valence-electron chi connectivity index (χ4n) is 2.27. The molecule has 0 saturated carbocycles. The van der Waals surface area contributed by atoms with Crippen molar-refractivity contribution in [3.8, 4) is 5.75 Å². The monoisotopic (exact) mass is 284 g/mol. The summed E-state index contributed by atoms with van der Waals surface area (Å²) in [6, 6.07) is 6.08. The van der Waals surface area contributed by atoms with Crippen molar-refractivity contribution >= 4 is 17.7 Å². The van der Waals surface area contributed by atoms with Crippen molar-refractivity contribution in [1.29, 1.82) is 0 Å². The van der Waals surface area contributed by atoms with Gasteiger partial charge < -0.3 is 9.84 Å². The number of hydrogen-bond donors (Lipinski definition) is 1. The first-order chi connectivity index (χ1) is 9.18. The summed E-state index contributed by atoms with van der Waals surface area (Å²) in [6.07, 6.45) is 1.78.